The van der Waals surface area contributed by atoms with Crippen LogP contribution in [-0.4, -0.2) is 22.9 Å². The summed E-state index contributed by atoms with van der Waals surface area (Å²) < 4.78 is 2.18. The zero-order valence-corrected chi connectivity index (χ0v) is 35.6. The van der Waals surface area contributed by atoms with Crippen LogP contribution in [0, 0.1) is 24.3 Å². The van der Waals surface area contributed by atoms with Gasteiger partial charge in [0.2, 0.25) is 0 Å². The first-order valence-corrected chi connectivity index (χ1v) is 17.2. The van der Waals surface area contributed by atoms with E-state index in [-0.39, 0.29) is 66.6 Å². The van der Waals surface area contributed by atoms with Gasteiger partial charge in [-0.3, -0.25) is 23.3 Å². The first-order valence-electron chi connectivity index (χ1n) is 17.2. The van der Waals surface area contributed by atoms with Crippen LogP contribution < -0.4 is 0 Å². The van der Waals surface area contributed by atoms with Gasteiger partial charge in [0.25, 0.3) is 0 Å². The monoisotopic (exact) mass is 946 g/mol. The van der Waals surface area contributed by atoms with Crippen LogP contribution in [0.25, 0.3) is 72.0 Å². The molecule has 0 aliphatic rings. The van der Waals surface area contributed by atoms with E-state index in [0.717, 1.165) is 50.5 Å². The fraction of sp³-hybridized carbons (Fsp3) is 0.0833. The maximum atomic E-state index is 4.98. The molecule has 0 bridgehead atoms. The Morgan fingerprint density at radius 1 is 0.611 bits per heavy atom. The van der Waals surface area contributed by atoms with Crippen LogP contribution in [0.4, 0.5) is 0 Å². The van der Waals surface area contributed by atoms with Gasteiger partial charge >= 0.3 is 0 Å². The quantitative estimate of drug-likeness (QED) is 0.1000. The summed E-state index contributed by atoms with van der Waals surface area (Å²) in [5.41, 5.74) is 9.31. The Balaban J connectivity index is 0.000000252. The normalized spacial score (nSPS) is 10.8. The van der Waals surface area contributed by atoms with E-state index in [4.69, 9.17) is 4.98 Å². The number of imidazole rings is 1. The van der Waals surface area contributed by atoms with Gasteiger partial charge in [0.1, 0.15) is 0 Å². The molecule has 0 fully saturated rings. The predicted molar refractivity (Wildman–Crippen MR) is 216 cm³/mol. The van der Waals surface area contributed by atoms with E-state index in [0.29, 0.717) is 0 Å². The van der Waals surface area contributed by atoms with Crippen molar-refractivity contribution in [2.75, 3.05) is 0 Å². The smallest absolute Gasteiger partial charge is 0.0668 e. The molecule has 0 amide bonds. The van der Waals surface area contributed by atoms with Crippen LogP contribution in [0.5, 0.6) is 0 Å². The predicted octanol–water partition coefficient (Wildman–Crippen LogP) is 11.5. The second-order valence-electron chi connectivity index (χ2n) is 13.6. The summed E-state index contributed by atoms with van der Waals surface area (Å²) in [4.78, 5) is 9.46. The van der Waals surface area contributed by atoms with Crippen molar-refractivity contribution >= 4 is 41.0 Å². The number of para-hydroxylation sites is 3. The summed E-state index contributed by atoms with van der Waals surface area (Å²) in [5, 5.41) is 4.88. The van der Waals surface area contributed by atoms with Gasteiger partial charge in [-0.2, -0.15) is 5.56 Å². The van der Waals surface area contributed by atoms with Crippen LogP contribution in [-0.2, 0) is 58.2 Å². The van der Waals surface area contributed by atoms with Gasteiger partial charge in [0.05, 0.1) is 11.0 Å². The summed E-state index contributed by atoms with van der Waals surface area (Å²) in [6.07, 6.45) is 1.95. The summed E-state index contributed by atoms with van der Waals surface area (Å²) in [5.74, 6) is 0.825. The standard InChI is InChI=1S/C33H19N2.C15H16N.B.Ir.Y/c1-2-12-28(13-3-1)35-32-16-7-6-15-31(32)34-33(35)27-11-8-10-25(21-27)26-20-19-24-18-17-23-9-4-5-14-29(23)30(24)22-26;1-15(2,3)13-9-10-14(16-11-13)12-7-5-4-6-8-12;;;/h1-10,12-19,22H;4-7,9-11H,1-3H3;;;/q-3;-1;;;. The average Bonchev–Trinajstić information content (AvgIpc) is 3.58. The summed E-state index contributed by atoms with van der Waals surface area (Å²) >= 11 is 0. The third-order valence-corrected chi connectivity index (χ3v) is 9.12. The molecule has 7 aromatic carbocycles. The van der Waals surface area contributed by atoms with E-state index in [2.05, 4.69) is 133 Å². The Kier molecular flexibility index (Phi) is 13.4. The molecule has 0 spiro atoms. The molecule has 54 heavy (non-hydrogen) atoms. The molecular weight excluding hydrogens is 910 g/mol. The fourth-order valence-electron chi connectivity index (χ4n) is 6.38. The van der Waals surface area contributed by atoms with E-state index < -0.39 is 0 Å². The molecule has 0 saturated heterocycles. The van der Waals surface area contributed by atoms with Gasteiger partial charge in [-0.05, 0) is 57.5 Å². The number of pyridine rings is 1. The van der Waals surface area contributed by atoms with Crippen molar-refractivity contribution in [3.8, 4) is 39.5 Å². The molecule has 0 aliphatic carbocycles. The number of benzene rings is 7. The number of hydrogen-bond acceptors (Lipinski definition) is 2. The molecule has 0 aliphatic heterocycles. The Hall–Kier alpha value is -4.50. The van der Waals surface area contributed by atoms with Gasteiger partial charge in [-0.15, -0.1) is 54.1 Å². The van der Waals surface area contributed by atoms with Gasteiger partial charge in [0.15, 0.2) is 0 Å². The fourth-order valence-corrected chi connectivity index (χ4v) is 6.38. The minimum atomic E-state index is 0. The second kappa shape index (κ2) is 17.8. The zero-order valence-electron chi connectivity index (χ0n) is 30.3. The van der Waals surface area contributed by atoms with E-state index in [1.54, 1.807) is 0 Å². The molecule has 9 rings (SSSR count). The maximum Gasteiger partial charge on any atom is 0.0668 e. The zero-order chi connectivity index (χ0) is 34.8. The third-order valence-electron chi connectivity index (χ3n) is 9.12. The molecule has 2 heterocycles. The molecule has 3 nitrogen and oxygen atoms in total. The Morgan fingerprint density at radius 2 is 1.35 bits per heavy atom. The minimum Gasteiger partial charge on any atom is -0.374 e. The molecule has 0 N–H and O–H groups in total. The van der Waals surface area contributed by atoms with Gasteiger partial charge in [-0.1, -0.05) is 110 Å². The molecule has 2 aromatic heterocycles. The van der Waals surface area contributed by atoms with Crippen molar-refractivity contribution in [1.82, 2.24) is 14.5 Å². The summed E-state index contributed by atoms with van der Waals surface area (Å²) in [6, 6.07) is 65.4. The first kappa shape index (κ1) is 40.7. The van der Waals surface area contributed by atoms with Crippen molar-refractivity contribution in [2.45, 2.75) is 26.2 Å². The SMILES string of the molecule is CC(C)(C)c1ccc(-c2[c-]cccc2)nc1.[B].[Ir].[Y].[c-]1ccc(-c2[c-]cc3ccc4ccccc4c3c2)[c-]c1-c1nc2ccccc2n1-c1ccccc1. The van der Waals surface area contributed by atoms with Crippen molar-refractivity contribution in [3.05, 3.63) is 188 Å². The van der Waals surface area contributed by atoms with Crippen LogP contribution in [0.2, 0.25) is 0 Å². The van der Waals surface area contributed by atoms with Gasteiger partial charge in [0, 0.05) is 73.1 Å². The van der Waals surface area contributed by atoms with Crippen molar-refractivity contribution in [3.63, 3.8) is 0 Å². The molecular formula is C48H35BIrN3Y-4. The average molecular weight is 946 g/mol. The molecule has 0 atom stereocenters. The van der Waals surface area contributed by atoms with Crippen molar-refractivity contribution in [1.29, 1.82) is 0 Å². The van der Waals surface area contributed by atoms with Crippen LogP contribution >= 0.6 is 0 Å². The van der Waals surface area contributed by atoms with Crippen LogP contribution in [0.15, 0.2) is 158 Å². The molecule has 9 aromatic rings. The van der Waals surface area contributed by atoms with E-state index in [1.165, 1.54) is 27.1 Å². The minimum absolute atomic E-state index is 0. The van der Waals surface area contributed by atoms with Gasteiger partial charge < -0.3 is 20.6 Å². The summed E-state index contributed by atoms with van der Waals surface area (Å²) in [6.45, 7) is 6.58. The van der Waals surface area contributed by atoms with Crippen LogP contribution in [0.3, 0.4) is 0 Å². The Morgan fingerprint density at radius 3 is 2.11 bits per heavy atom. The van der Waals surface area contributed by atoms with E-state index >= 15 is 0 Å². The summed E-state index contributed by atoms with van der Waals surface area (Å²) in [7, 11) is 0. The largest absolute Gasteiger partial charge is 0.374 e. The topological polar surface area (TPSA) is 30.7 Å². The molecule has 0 unspecified atom stereocenters. The Labute approximate surface area is 358 Å². The number of fused-ring (bicyclic) bond motifs is 4. The number of nitrogens with zero attached hydrogens (tertiary/aromatic N) is 3. The number of rotatable bonds is 4. The molecule has 0 saturated carbocycles. The number of aromatic nitrogens is 3. The third kappa shape index (κ3) is 8.57. The first-order chi connectivity index (χ1) is 24.9. The molecule has 6 heteroatoms. The second-order valence-corrected chi connectivity index (χ2v) is 13.6. The molecule has 5 radical (unpaired) electrons. The van der Waals surface area contributed by atoms with E-state index in [9.17, 15) is 0 Å². The van der Waals surface area contributed by atoms with Gasteiger partial charge in [-0.25, -0.2) is 6.07 Å². The van der Waals surface area contributed by atoms with Crippen molar-refractivity contribution < 1.29 is 52.8 Å². The van der Waals surface area contributed by atoms with Crippen LogP contribution in [0.1, 0.15) is 26.3 Å². The number of hydrogen-bond donors (Lipinski definition) is 0. The van der Waals surface area contributed by atoms with Crippen molar-refractivity contribution in [2.24, 2.45) is 0 Å². The van der Waals surface area contributed by atoms with E-state index in [1.807, 2.05) is 79.0 Å². The Bertz CT molecular complexity index is 2620. The molecule has 261 valence electrons. The maximum absolute atomic E-state index is 4.98.